The highest BCUT2D eigenvalue weighted by atomic mass is 16.5. The van der Waals surface area contributed by atoms with Crippen molar-refractivity contribution in [1.82, 2.24) is 9.80 Å². The fraction of sp³-hybridized carbons (Fsp3) is 0.706. The Morgan fingerprint density at radius 3 is 2.59 bits per heavy atom. The third-order valence-electron chi connectivity index (χ3n) is 5.00. The molecule has 1 aromatic rings. The van der Waals surface area contributed by atoms with Crippen molar-refractivity contribution in [3.63, 3.8) is 0 Å². The van der Waals surface area contributed by atoms with E-state index in [2.05, 4.69) is 9.80 Å². The number of ether oxygens (including phenoxy) is 1. The molecule has 0 N–H and O–H groups in total. The maximum atomic E-state index is 11.6. The molecule has 0 radical (unpaired) electrons. The van der Waals surface area contributed by atoms with E-state index in [0.717, 1.165) is 44.5 Å². The van der Waals surface area contributed by atoms with Gasteiger partial charge in [0, 0.05) is 32.2 Å². The van der Waals surface area contributed by atoms with Crippen molar-refractivity contribution < 1.29 is 13.9 Å². The summed E-state index contributed by atoms with van der Waals surface area (Å²) in [5, 5.41) is 0. The van der Waals surface area contributed by atoms with Gasteiger partial charge in [-0.05, 0) is 25.8 Å². The van der Waals surface area contributed by atoms with Gasteiger partial charge in [0.2, 0.25) is 0 Å². The second kappa shape index (κ2) is 6.84. The minimum atomic E-state index is -0.321. The van der Waals surface area contributed by atoms with Crippen LogP contribution >= 0.6 is 0 Å². The summed E-state index contributed by atoms with van der Waals surface area (Å²) in [5.74, 6) is 1.18. The molecule has 2 fully saturated rings. The van der Waals surface area contributed by atoms with Crippen LogP contribution in [0.5, 0.6) is 0 Å². The number of hydrogen-bond acceptors (Lipinski definition) is 5. The Balaban J connectivity index is 1.53. The van der Waals surface area contributed by atoms with Gasteiger partial charge in [-0.1, -0.05) is 12.8 Å². The summed E-state index contributed by atoms with van der Waals surface area (Å²) in [6, 6.07) is 2.64. The van der Waals surface area contributed by atoms with E-state index in [9.17, 15) is 4.79 Å². The molecule has 0 amide bonds. The first-order chi connectivity index (χ1) is 10.7. The topological polar surface area (TPSA) is 45.9 Å². The standard InChI is InChI=1S/C17H26N2O3/c1-13-16(17(20)21-2)11-15(22-13)12-18-7-9-19(10-8-18)14-5-3-4-6-14/h11,14H,3-10,12H2,1-2H3. The maximum Gasteiger partial charge on any atom is 0.341 e. The van der Waals surface area contributed by atoms with Gasteiger partial charge in [-0.3, -0.25) is 9.80 Å². The van der Waals surface area contributed by atoms with Crippen LogP contribution < -0.4 is 0 Å². The Kier molecular flexibility index (Phi) is 4.84. The van der Waals surface area contributed by atoms with Crippen LogP contribution in [0, 0.1) is 6.92 Å². The minimum absolute atomic E-state index is 0.321. The number of methoxy groups -OCH3 is 1. The smallest absolute Gasteiger partial charge is 0.341 e. The number of carbonyl (C=O) groups excluding carboxylic acids is 1. The van der Waals surface area contributed by atoms with Gasteiger partial charge >= 0.3 is 5.97 Å². The molecule has 2 aliphatic rings. The summed E-state index contributed by atoms with van der Waals surface area (Å²) in [6.45, 7) is 7.03. The van der Waals surface area contributed by atoms with Crippen LogP contribution in [-0.2, 0) is 11.3 Å². The zero-order valence-electron chi connectivity index (χ0n) is 13.6. The molecule has 1 saturated carbocycles. The molecule has 122 valence electrons. The Labute approximate surface area is 132 Å². The van der Waals surface area contributed by atoms with Crippen LogP contribution in [0.15, 0.2) is 10.5 Å². The Morgan fingerprint density at radius 2 is 1.95 bits per heavy atom. The van der Waals surface area contributed by atoms with Gasteiger partial charge in [0.05, 0.1) is 13.7 Å². The number of piperazine rings is 1. The number of carbonyl (C=O) groups is 1. The Morgan fingerprint density at radius 1 is 1.27 bits per heavy atom. The lowest BCUT2D eigenvalue weighted by molar-refractivity contribution is 0.0599. The highest BCUT2D eigenvalue weighted by molar-refractivity contribution is 5.90. The van der Waals surface area contributed by atoms with Gasteiger partial charge in [0.15, 0.2) is 0 Å². The molecule has 0 unspecified atom stereocenters. The molecule has 0 atom stereocenters. The second-order valence-corrected chi connectivity index (χ2v) is 6.42. The molecule has 5 heteroatoms. The predicted octanol–water partition coefficient (Wildman–Crippen LogP) is 2.43. The number of nitrogens with zero attached hydrogens (tertiary/aromatic N) is 2. The van der Waals surface area contributed by atoms with Gasteiger partial charge < -0.3 is 9.15 Å². The number of aryl methyl sites for hydroxylation is 1. The molecule has 1 aromatic heterocycles. The monoisotopic (exact) mass is 306 g/mol. The molecule has 22 heavy (non-hydrogen) atoms. The minimum Gasteiger partial charge on any atom is -0.465 e. The SMILES string of the molecule is COC(=O)c1cc(CN2CCN(C3CCCC3)CC2)oc1C. The number of rotatable bonds is 4. The highest BCUT2D eigenvalue weighted by Crippen LogP contribution is 2.25. The largest absolute Gasteiger partial charge is 0.465 e. The van der Waals surface area contributed by atoms with E-state index >= 15 is 0 Å². The molecule has 0 aromatic carbocycles. The summed E-state index contributed by atoms with van der Waals surface area (Å²) >= 11 is 0. The quantitative estimate of drug-likeness (QED) is 0.800. The Bertz CT molecular complexity index is 512. The highest BCUT2D eigenvalue weighted by Gasteiger charge is 2.26. The maximum absolute atomic E-state index is 11.6. The molecule has 3 rings (SSSR count). The van der Waals surface area contributed by atoms with Crippen molar-refractivity contribution >= 4 is 5.97 Å². The van der Waals surface area contributed by atoms with Crippen molar-refractivity contribution in [2.45, 2.75) is 45.2 Å². The number of esters is 1. The second-order valence-electron chi connectivity index (χ2n) is 6.42. The van der Waals surface area contributed by atoms with Crippen LogP contribution in [0.25, 0.3) is 0 Å². The van der Waals surface area contributed by atoms with E-state index < -0.39 is 0 Å². The van der Waals surface area contributed by atoms with E-state index in [-0.39, 0.29) is 5.97 Å². The van der Waals surface area contributed by atoms with E-state index in [4.69, 9.17) is 9.15 Å². The predicted molar refractivity (Wildman–Crippen MR) is 83.9 cm³/mol. The molecular formula is C17H26N2O3. The lowest BCUT2D eigenvalue weighted by atomic mass is 10.2. The van der Waals surface area contributed by atoms with Gasteiger partial charge in [-0.2, -0.15) is 0 Å². The molecule has 1 aliphatic heterocycles. The van der Waals surface area contributed by atoms with Gasteiger partial charge in [0.1, 0.15) is 17.1 Å². The molecule has 0 spiro atoms. The molecule has 5 nitrogen and oxygen atoms in total. The third kappa shape index (κ3) is 3.36. The molecule has 1 aliphatic carbocycles. The number of hydrogen-bond donors (Lipinski definition) is 0. The molecule has 0 bridgehead atoms. The van der Waals surface area contributed by atoms with E-state index in [1.165, 1.54) is 32.8 Å². The first kappa shape index (κ1) is 15.6. The van der Waals surface area contributed by atoms with Gasteiger partial charge in [-0.25, -0.2) is 4.79 Å². The third-order valence-corrected chi connectivity index (χ3v) is 5.00. The zero-order chi connectivity index (χ0) is 15.5. The van der Waals surface area contributed by atoms with Crippen LogP contribution in [-0.4, -0.2) is 55.1 Å². The lowest BCUT2D eigenvalue weighted by Gasteiger charge is -2.37. The Hall–Kier alpha value is -1.33. The van der Waals surface area contributed by atoms with Crippen LogP contribution in [0.3, 0.4) is 0 Å². The van der Waals surface area contributed by atoms with Gasteiger partial charge in [-0.15, -0.1) is 0 Å². The van der Waals surface area contributed by atoms with Crippen molar-refractivity contribution in [3.05, 3.63) is 23.2 Å². The lowest BCUT2D eigenvalue weighted by Crippen LogP contribution is -2.49. The summed E-state index contributed by atoms with van der Waals surface area (Å²) < 4.78 is 10.5. The fourth-order valence-electron chi connectivity index (χ4n) is 3.71. The van der Waals surface area contributed by atoms with E-state index in [1.54, 1.807) is 0 Å². The van der Waals surface area contributed by atoms with Crippen molar-refractivity contribution in [2.24, 2.45) is 0 Å². The molecular weight excluding hydrogens is 280 g/mol. The summed E-state index contributed by atoms with van der Waals surface area (Å²) in [7, 11) is 1.40. The summed E-state index contributed by atoms with van der Waals surface area (Å²) in [6.07, 6.45) is 5.54. The summed E-state index contributed by atoms with van der Waals surface area (Å²) in [5.41, 5.74) is 0.544. The van der Waals surface area contributed by atoms with Crippen molar-refractivity contribution in [3.8, 4) is 0 Å². The zero-order valence-corrected chi connectivity index (χ0v) is 13.6. The van der Waals surface area contributed by atoms with Crippen LogP contribution in [0.4, 0.5) is 0 Å². The first-order valence-electron chi connectivity index (χ1n) is 8.31. The van der Waals surface area contributed by atoms with E-state index in [1.807, 2.05) is 13.0 Å². The average molecular weight is 306 g/mol. The normalized spacial score (nSPS) is 21.4. The van der Waals surface area contributed by atoms with Crippen LogP contribution in [0.2, 0.25) is 0 Å². The van der Waals surface area contributed by atoms with Crippen molar-refractivity contribution in [2.75, 3.05) is 33.3 Å². The van der Waals surface area contributed by atoms with Crippen LogP contribution in [0.1, 0.15) is 47.6 Å². The first-order valence-corrected chi connectivity index (χ1v) is 8.31. The fourth-order valence-corrected chi connectivity index (χ4v) is 3.71. The van der Waals surface area contributed by atoms with Crippen molar-refractivity contribution in [1.29, 1.82) is 0 Å². The molecule has 1 saturated heterocycles. The van der Waals surface area contributed by atoms with E-state index in [0.29, 0.717) is 11.3 Å². The number of furan rings is 1. The average Bonchev–Trinajstić information content (AvgIpc) is 3.17. The summed E-state index contributed by atoms with van der Waals surface area (Å²) in [4.78, 5) is 16.7. The van der Waals surface area contributed by atoms with Gasteiger partial charge in [0.25, 0.3) is 0 Å². The molecule has 2 heterocycles.